The fourth-order valence-electron chi connectivity index (χ4n) is 1.75. The Morgan fingerprint density at radius 1 is 1.38 bits per heavy atom. The fraction of sp³-hybridized carbons (Fsp3) is 0.200. The Kier molecular flexibility index (Phi) is 5.11. The highest BCUT2D eigenvalue weighted by atomic mass is 35.5. The van der Waals surface area contributed by atoms with Crippen LogP contribution in [0.2, 0.25) is 5.02 Å². The van der Waals surface area contributed by atoms with E-state index in [1.54, 1.807) is 12.4 Å². The second-order valence-electron chi connectivity index (χ2n) is 4.43. The van der Waals surface area contributed by atoms with Crippen LogP contribution < -0.4 is 10.1 Å². The van der Waals surface area contributed by atoms with E-state index in [1.807, 2.05) is 19.1 Å². The Bertz CT molecular complexity index is 622. The molecular weight excluding hydrogens is 295 g/mol. The predicted octanol–water partition coefficient (Wildman–Crippen LogP) is 3.13. The van der Waals surface area contributed by atoms with Gasteiger partial charge in [0.15, 0.2) is 6.61 Å². The quantitative estimate of drug-likeness (QED) is 0.923. The molecule has 0 aliphatic carbocycles. The largest absolute Gasteiger partial charge is 0.482 e. The summed E-state index contributed by atoms with van der Waals surface area (Å²) < 4.78 is 18.1. The van der Waals surface area contributed by atoms with E-state index in [-0.39, 0.29) is 29.3 Å². The molecule has 2 aromatic rings. The molecule has 110 valence electrons. The third-order valence-corrected chi connectivity index (χ3v) is 3.13. The highest BCUT2D eigenvalue weighted by molar-refractivity contribution is 6.32. The molecule has 1 atom stereocenters. The van der Waals surface area contributed by atoms with Gasteiger partial charge < -0.3 is 10.1 Å². The van der Waals surface area contributed by atoms with Crippen LogP contribution in [0.3, 0.4) is 0 Å². The van der Waals surface area contributed by atoms with E-state index in [9.17, 15) is 9.18 Å². The van der Waals surface area contributed by atoms with E-state index < -0.39 is 5.82 Å². The zero-order valence-electron chi connectivity index (χ0n) is 11.3. The van der Waals surface area contributed by atoms with E-state index >= 15 is 0 Å². The van der Waals surface area contributed by atoms with Crippen molar-refractivity contribution in [2.45, 2.75) is 13.0 Å². The molecule has 0 saturated heterocycles. The zero-order chi connectivity index (χ0) is 15.2. The molecule has 0 aliphatic rings. The highest BCUT2D eigenvalue weighted by Crippen LogP contribution is 2.24. The first-order valence-electron chi connectivity index (χ1n) is 6.33. The number of pyridine rings is 1. The molecule has 1 aromatic heterocycles. The van der Waals surface area contributed by atoms with Gasteiger partial charge in [0.1, 0.15) is 11.6 Å². The molecule has 0 radical (unpaired) electrons. The van der Waals surface area contributed by atoms with E-state index in [0.717, 1.165) is 11.6 Å². The van der Waals surface area contributed by atoms with Gasteiger partial charge in [-0.3, -0.25) is 9.78 Å². The SMILES string of the molecule is CC(NC(=O)COc1ccc(F)cc1Cl)c1ccncc1. The standard InChI is InChI=1S/C15H14ClFN2O2/c1-10(11-4-6-18-7-5-11)19-15(20)9-21-14-3-2-12(17)8-13(14)16/h2-8,10H,9H2,1H3,(H,19,20). The van der Waals surface area contributed by atoms with E-state index in [1.165, 1.54) is 12.1 Å². The molecule has 1 N–H and O–H groups in total. The average molecular weight is 309 g/mol. The maximum absolute atomic E-state index is 12.9. The van der Waals surface area contributed by atoms with Gasteiger partial charge in [-0.25, -0.2) is 4.39 Å². The summed E-state index contributed by atoms with van der Waals surface area (Å²) in [6.07, 6.45) is 3.32. The molecule has 1 heterocycles. The van der Waals surface area contributed by atoms with Crippen LogP contribution in [0, 0.1) is 5.82 Å². The Morgan fingerprint density at radius 3 is 2.76 bits per heavy atom. The lowest BCUT2D eigenvalue weighted by atomic mass is 10.1. The van der Waals surface area contributed by atoms with Crippen molar-refractivity contribution < 1.29 is 13.9 Å². The number of nitrogens with zero attached hydrogens (tertiary/aromatic N) is 1. The molecule has 0 spiro atoms. The summed E-state index contributed by atoms with van der Waals surface area (Å²) in [5, 5.41) is 2.92. The van der Waals surface area contributed by atoms with Crippen LogP contribution >= 0.6 is 11.6 Å². The maximum Gasteiger partial charge on any atom is 0.258 e. The lowest BCUT2D eigenvalue weighted by Crippen LogP contribution is -2.31. The van der Waals surface area contributed by atoms with Crippen LogP contribution in [0.5, 0.6) is 5.75 Å². The molecule has 1 unspecified atom stereocenters. The number of benzene rings is 1. The van der Waals surface area contributed by atoms with Crippen LogP contribution in [-0.2, 0) is 4.79 Å². The van der Waals surface area contributed by atoms with Crippen molar-refractivity contribution in [3.63, 3.8) is 0 Å². The topological polar surface area (TPSA) is 51.2 Å². The number of carbonyl (C=O) groups is 1. The van der Waals surface area contributed by atoms with Gasteiger partial charge in [-0.15, -0.1) is 0 Å². The summed E-state index contributed by atoms with van der Waals surface area (Å²) in [7, 11) is 0. The van der Waals surface area contributed by atoms with Gasteiger partial charge in [0.2, 0.25) is 0 Å². The highest BCUT2D eigenvalue weighted by Gasteiger charge is 2.11. The number of rotatable bonds is 5. The Labute approximate surface area is 126 Å². The van der Waals surface area contributed by atoms with Gasteiger partial charge in [0.25, 0.3) is 5.91 Å². The average Bonchev–Trinajstić information content (AvgIpc) is 2.47. The van der Waals surface area contributed by atoms with Gasteiger partial charge in [-0.2, -0.15) is 0 Å². The van der Waals surface area contributed by atoms with Crippen LogP contribution in [0.15, 0.2) is 42.7 Å². The third kappa shape index (κ3) is 4.43. The Balaban J connectivity index is 1.87. The minimum Gasteiger partial charge on any atom is -0.482 e. The number of hydrogen-bond donors (Lipinski definition) is 1. The second kappa shape index (κ2) is 7.04. The van der Waals surface area contributed by atoms with E-state index in [0.29, 0.717) is 0 Å². The van der Waals surface area contributed by atoms with Crippen molar-refractivity contribution in [2.24, 2.45) is 0 Å². The summed E-state index contributed by atoms with van der Waals surface area (Å²) in [4.78, 5) is 15.7. The first-order chi connectivity index (χ1) is 10.1. The molecule has 0 bridgehead atoms. The molecule has 4 nitrogen and oxygen atoms in total. The molecule has 0 saturated carbocycles. The number of ether oxygens (including phenoxy) is 1. The summed E-state index contributed by atoms with van der Waals surface area (Å²) in [5.41, 5.74) is 0.943. The van der Waals surface area contributed by atoms with Crippen LogP contribution in [0.25, 0.3) is 0 Å². The molecule has 2 rings (SSSR count). The number of amides is 1. The monoisotopic (exact) mass is 308 g/mol. The molecule has 1 aromatic carbocycles. The van der Waals surface area contributed by atoms with E-state index in [4.69, 9.17) is 16.3 Å². The molecule has 21 heavy (non-hydrogen) atoms. The van der Waals surface area contributed by atoms with Crippen molar-refractivity contribution in [1.29, 1.82) is 0 Å². The number of aromatic nitrogens is 1. The smallest absolute Gasteiger partial charge is 0.258 e. The van der Waals surface area contributed by atoms with Crippen molar-refractivity contribution in [3.8, 4) is 5.75 Å². The predicted molar refractivity (Wildman–Crippen MR) is 77.7 cm³/mol. The first-order valence-corrected chi connectivity index (χ1v) is 6.71. The van der Waals surface area contributed by atoms with Crippen molar-refractivity contribution in [2.75, 3.05) is 6.61 Å². The fourth-order valence-corrected chi connectivity index (χ4v) is 1.98. The maximum atomic E-state index is 12.9. The number of carbonyl (C=O) groups excluding carboxylic acids is 1. The summed E-state index contributed by atoms with van der Waals surface area (Å²) >= 11 is 5.81. The van der Waals surface area contributed by atoms with Crippen LogP contribution in [0.4, 0.5) is 4.39 Å². The summed E-state index contributed by atoms with van der Waals surface area (Å²) in [5.74, 6) is -0.479. The lowest BCUT2D eigenvalue weighted by Gasteiger charge is -2.14. The Hall–Kier alpha value is -2.14. The van der Waals surface area contributed by atoms with Crippen LogP contribution in [-0.4, -0.2) is 17.5 Å². The minimum absolute atomic E-state index is 0.130. The molecule has 0 aliphatic heterocycles. The number of halogens is 2. The molecule has 1 amide bonds. The normalized spacial score (nSPS) is 11.8. The molecule has 0 fully saturated rings. The van der Waals surface area contributed by atoms with Gasteiger partial charge in [-0.1, -0.05) is 11.6 Å². The molecular formula is C15H14ClFN2O2. The van der Waals surface area contributed by atoms with Gasteiger partial charge >= 0.3 is 0 Å². The van der Waals surface area contributed by atoms with Gasteiger partial charge in [0, 0.05) is 12.4 Å². The van der Waals surface area contributed by atoms with Crippen molar-refractivity contribution in [1.82, 2.24) is 10.3 Å². The van der Waals surface area contributed by atoms with Crippen molar-refractivity contribution >= 4 is 17.5 Å². The zero-order valence-corrected chi connectivity index (χ0v) is 12.1. The van der Waals surface area contributed by atoms with Crippen molar-refractivity contribution in [3.05, 3.63) is 59.1 Å². The minimum atomic E-state index is -0.455. The number of hydrogen-bond acceptors (Lipinski definition) is 3. The molecule has 6 heteroatoms. The lowest BCUT2D eigenvalue weighted by molar-refractivity contribution is -0.123. The number of nitrogens with one attached hydrogen (secondary N) is 1. The second-order valence-corrected chi connectivity index (χ2v) is 4.84. The summed E-state index contributed by atoms with van der Waals surface area (Å²) in [6.45, 7) is 1.67. The van der Waals surface area contributed by atoms with Gasteiger partial charge in [-0.05, 0) is 42.8 Å². The summed E-state index contributed by atoms with van der Waals surface area (Å²) in [6, 6.07) is 7.23. The Morgan fingerprint density at radius 2 is 2.10 bits per heavy atom. The van der Waals surface area contributed by atoms with Gasteiger partial charge in [0.05, 0.1) is 11.1 Å². The third-order valence-electron chi connectivity index (χ3n) is 2.84. The first kappa shape index (κ1) is 15.3. The van der Waals surface area contributed by atoms with E-state index in [2.05, 4.69) is 10.3 Å². The van der Waals surface area contributed by atoms with Crippen LogP contribution in [0.1, 0.15) is 18.5 Å².